The molecule has 0 aliphatic carbocycles. The Bertz CT molecular complexity index is 1260. The van der Waals surface area contributed by atoms with Crippen molar-refractivity contribution in [2.24, 2.45) is 0 Å². The van der Waals surface area contributed by atoms with Crippen molar-refractivity contribution in [1.82, 2.24) is 5.32 Å². The van der Waals surface area contributed by atoms with Crippen molar-refractivity contribution in [3.8, 4) is 17.2 Å². The smallest absolute Gasteiger partial charge is 0.244 e. The maximum atomic E-state index is 12.2. The fraction of sp³-hybridized carbons (Fsp3) is 0.138. The number of carbonyl (C=O) groups is 1. The molecule has 0 aliphatic heterocycles. The van der Waals surface area contributed by atoms with Gasteiger partial charge in [0.2, 0.25) is 5.91 Å². The zero-order valence-corrected chi connectivity index (χ0v) is 19.1. The minimum absolute atomic E-state index is 0.190. The Morgan fingerprint density at radius 2 is 1.62 bits per heavy atom. The Kier molecular flexibility index (Phi) is 7.80. The summed E-state index contributed by atoms with van der Waals surface area (Å²) in [6, 6.07) is 29.5. The first-order valence-electron chi connectivity index (χ1n) is 11.1. The van der Waals surface area contributed by atoms with Gasteiger partial charge in [-0.25, -0.2) is 0 Å². The third-order valence-electron chi connectivity index (χ3n) is 5.26. The van der Waals surface area contributed by atoms with E-state index < -0.39 is 0 Å². The lowest BCUT2D eigenvalue weighted by Crippen LogP contribution is -2.26. The summed E-state index contributed by atoms with van der Waals surface area (Å²) in [5, 5.41) is 5.02. The molecular formula is C29H27NO4. The standard InChI is InChI=1S/C29H27NO4/c1-32-28-20-22(14-16-27(28)34-21-23-8-3-2-4-9-23)15-17-29(31)30-18-19-33-26-13-7-11-24-10-5-6-12-25(24)26/h2-17,20H,18-19,21H2,1H3,(H,30,31)/b17-15+. The Hall–Kier alpha value is -4.25. The van der Waals surface area contributed by atoms with E-state index >= 15 is 0 Å². The topological polar surface area (TPSA) is 56.8 Å². The number of amides is 1. The third-order valence-corrected chi connectivity index (χ3v) is 5.26. The van der Waals surface area contributed by atoms with Crippen molar-refractivity contribution in [2.75, 3.05) is 20.3 Å². The van der Waals surface area contributed by atoms with Crippen molar-refractivity contribution in [3.63, 3.8) is 0 Å². The highest BCUT2D eigenvalue weighted by Crippen LogP contribution is 2.29. The summed E-state index contributed by atoms with van der Waals surface area (Å²) in [5.41, 5.74) is 1.92. The minimum Gasteiger partial charge on any atom is -0.493 e. The zero-order chi connectivity index (χ0) is 23.6. The maximum Gasteiger partial charge on any atom is 0.244 e. The number of benzene rings is 4. The lowest BCUT2D eigenvalue weighted by Gasteiger charge is -2.11. The fourth-order valence-corrected chi connectivity index (χ4v) is 3.53. The first-order valence-corrected chi connectivity index (χ1v) is 11.1. The van der Waals surface area contributed by atoms with Crippen LogP contribution >= 0.6 is 0 Å². The van der Waals surface area contributed by atoms with Gasteiger partial charge >= 0.3 is 0 Å². The van der Waals surface area contributed by atoms with Gasteiger partial charge in [-0.05, 0) is 40.8 Å². The molecular weight excluding hydrogens is 426 g/mol. The Balaban J connectivity index is 1.26. The van der Waals surface area contributed by atoms with Crippen LogP contribution in [0.4, 0.5) is 0 Å². The van der Waals surface area contributed by atoms with Crippen LogP contribution in [0, 0.1) is 0 Å². The number of ether oxygens (including phenoxy) is 3. The molecule has 0 heterocycles. The molecule has 0 radical (unpaired) electrons. The lowest BCUT2D eigenvalue weighted by atomic mass is 10.1. The molecule has 4 aromatic carbocycles. The first-order chi connectivity index (χ1) is 16.7. The number of methoxy groups -OCH3 is 1. The summed E-state index contributed by atoms with van der Waals surface area (Å²) in [4.78, 5) is 12.2. The molecule has 172 valence electrons. The van der Waals surface area contributed by atoms with E-state index in [1.54, 1.807) is 13.2 Å². The van der Waals surface area contributed by atoms with Crippen LogP contribution in [0.15, 0.2) is 97.1 Å². The van der Waals surface area contributed by atoms with Gasteiger partial charge in [-0.2, -0.15) is 0 Å². The SMILES string of the molecule is COc1cc(/C=C/C(=O)NCCOc2cccc3ccccc23)ccc1OCc1ccccc1. The van der Waals surface area contributed by atoms with E-state index in [-0.39, 0.29) is 5.91 Å². The second kappa shape index (κ2) is 11.6. The monoisotopic (exact) mass is 453 g/mol. The van der Waals surface area contributed by atoms with Crippen LogP contribution in [0.2, 0.25) is 0 Å². The second-order valence-corrected chi connectivity index (χ2v) is 7.63. The summed E-state index contributed by atoms with van der Waals surface area (Å²) in [7, 11) is 1.60. The van der Waals surface area contributed by atoms with E-state index in [0.717, 1.165) is 27.6 Å². The van der Waals surface area contributed by atoms with Gasteiger partial charge in [-0.3, -0.25) is 4.79 Å². The molecule has 4 aromatic rings. The van der Waals surface area contributed by atoms with Crippen molar-refractivity contribution >= 4 is 22.8 Å². The van der Waals surface area contributed by atoms with Crippen LogP contribution in [-0.2, 0) is 11.4 Å². The molecule has 0 aliphatic rings. The van der Waals surface area contributed by atoms with E-state index in [9.17, 15) is 4.79 Å². The van der Waals surface area contributed by atoms with Gasteiger partial charge in [0.05, 0.1) is 13.7 Å². The van der Waals surface area contributed by atoms with Gasteiger partial charge in [0.1, 0.15) is 19.0 Å². The lowest BCUT2D eigenvalue weighted by molar-refractivity contribution is -0.116. The average molecular weight is 454 g/mol. The number of rotatable bonds is 10. The molecule has 0 fully saturated rings. The number of hydrogen-bond donors (Lipinski definition) is 1. The van der Waals surface area contributed by atoms with Crippen LogP contribution in [0.3, 0.4) is 0 Å². The van der Waals surface area contributed by atoms with E-state index in [1.165, 1.54) is 6.08 Å². The Labute approximate surface area is 199 Å². The van der Waals surface area contributed by atoms with Gasteiger partial charge < -0.3 is 19.5 Å². The van der Waals surface area contributed by atoms with Crippen LogP contribution in [0.5, 0.6) is 17.2 Å². The van der Waals surface area contributed by atoms with E-state index in [4.69, 9.17) is 14.2 Å². The number of carbonyl (C=O) groups excluding carboxylic acids is 1. The van der Waals surface area contributed by atoms with Crippen LogP contribution in [0.1, 0.15) is 11.1 Å². The molecule has 4 rings (SSSR count). The van der Waals surface area contributed by atoms with Crippen LogP contribution in [-0.4, -0.2) is 26.2 Å². The molecule has 0 spiro atoms. The minimum atomic E-state index is -0.190. The highest BCUT2D eigenvalue weighted by Gasteiger charge is 2.06. The summed E-state index contributed by atoms with van der Waals surface area (Å²) in [6.45, 7) is 1.24. The molecule has 0 unspecified atom stereocenters. The van der Waals surface area contributed by atoms with E-state index in [0.29, 0.717) is 31.3 Å². The molecule has 1 amide bonds. The van der Waals surface area contributed by atoms with Crippen molar-refractivity contribution in [3.05, 3.63) is 108 Å². The molecule has 5 heteroatoms. The molecule has 34 heavy (non-hydrogen) atoms. The van der Waals surface area contributed by atoms with E-state index in [1.807, 2.05) is 91.0 Å². The quantitative estimate of drug-likeness (QED) is 0.250. The van der Waals surface area contributed by atoms with Crippen molar-refractivity contribution in [1.29, 1.82) is 0 Å². The largest absolute Gasteiger partial charge is 0.493 e. The van der Waals surface area contributed by atoms with Gasteiger partial charge in [-0.15, -0.1) is 0 Å². The first kappa shape index (κ1) is 22.9. The highest BCUT2D eigenvalue weighted by molar-refractivity contribution is 5.91. The van der Waals surface area contributed by atoms with Gasteiger partial charge in [0.25, 0.3) is 0 Å². The predicted molar refractivity (Wildman–Crippen MR) is 135 cm³/mol. The number of nitrogens with one attached hydrogen (secondary N) is 1. The third kappa shape index (κ3) is 6.17. The number of fused-ring (bicyclic) bond motifs is 1. The van der Waals surface area contributed by atoms with E-state index in [2.05, 4.69) is 5.32 Å². The average Bonchev–Trinajstić information content (AvgIpc) is 2.89. The molecule has 0 atom stereocenters. The molecule has 0 saturated carbocycles. The zero-order valence-electron chi connectivity index (χ0n) is 19.1. The molecule has 0 aromatic heterocycles. The molecule has 0 bridgehead atoms. The Morgan fingerprint density at radius 3 is 2.47 bits per heavy atom. The molecule has 1 N–H and O–H groups in total. The summed E-state index contributed by atoms with van der Waals surface area (Å²) >= 11 is 0. The highest BCUT2D eigenvalue weighted by atomic mass is 16.5. The van der Waals surface area contributed by atoms with Crippen LogP contribution in [0.25, 0.3) is 16.8 Å². The normalized spacial score (nSPS) is 10.9. The fourth-order valence-electron chi connectivity index (χ4n) is 3.53. The summed E-state index contributed by atoms with van der Waals surface area (Å²) in [6.07, 6.45) is 3.24. The van der Waals surface area contributed by atoms with Gasteiger partial charge in [-0.1, -0.05) is 72.8 Å². The number of hydrogen-bond acceptors (Lipinski definition) is 4. The molecule has 5 nitrogen and oxygen atoms in total. The Morgan fingerprint density at radius 1 is 0.824 bits per heavy atom. The summed E-state index contributed by atoms with van der Waals surface area (Å²) < 4.78 is 17.2. The molecule has 0 saturated heterocycles. The van der Waals surface area contributed by atoms with Crippen molar-refractivity contribution < 1.29 is 19.0 Å². The van der Waals surface area contributed by atoms with Gasteiger partial charge in [0, 0.05) is 11.5 Å². The summed E-state index contributed by atoms with van der Waals surface area (Å²) in [5.74, 6) is 1.88. The maximum absolute atomic E-state index is 12.2. The van der Waals surface area contributed by atoms with Crippen molar-refractivity contribution in [2.45, 2.75) is 6.61 Å². The second-order valence-electron chi connectivity index (χ2n) is 7.63. The van der Waals surface area contributed by atoms with Crippen LogP contribution < -0.4 is 19.5 Å². The predicted octanol–water partition coefficient (Wildman–Crippen LogP) is 5.64. The van der Waals surface area contributed by atoms with Gasteiger partial charge in [0.15, 0.2) is 11.5 Å².